The van der Waals surface area contributed by atoms with Crippen LogP contribution in [0, 0.1) is 18.6 Å². The molecule has 19 heavy (non-hydrogen) atoms. The van der Waals surface area contributed by atoms with Gasteiger partial charge in [0, 0.05) is 18.7 Å². The molecular weight excluding hydrogens is 250 g/mol. The molecule has 100 valence electrons. The number of halogens is 2. The monoisotopic (exact) mass is 264 g/mol. The third-order valence-electron chi connectivity index (χ3n) is 3.18. The van der Waals surface area contributed by atoms with Crippen molar-refractivity contribution in [3.05, 3.63) is 41.3 Å². The number of aryl methyl sites for hydroxylation is 1. The largest absolute Gasteiger partial charge is 0.444 e. The second-order valence-electron chi connectivity index (χ2n) is 4.88. The summed E-state index contributed by atoms with van der Waals surface area (Å²) >= 11 is 0. The van der Waals surface area contributed by atoms with Gasteiger partial charge in [-0.3, -0.25) is 0 Å². The second-order valence-corrected chi connectivity index (χ2v) is 4.88. The fourth-order valence-corrected chi connectivity index (χ4v) is 1.87. The Morgan fingerprint density at radius 1 is 1.32 bits per heavy atom. The zero-order valence-electron chi connectivity index (χ0n) is 10.5. The Kier molecular flexibility index (Phi) is 3.06. The van der Waals surface area contributed by atoms with Crippen LogP contribution in [0.15, 0.2) is 22.8 Å². The van der Waals surface area contributed by atoms with Gasteiger partial charge in [0.1, 0.15) is 17.9 Å². The third kappa shape index (κ3) is 2.66. The van der Waals surface area contributed by atoms with E-state index in [-0.39, 0.29) is 11.5 Å². The van der Waals surface area contributed by atoms with Crippen LogP contribution in [-0.4, -0.2) is 11.0 Å². The van der Waals surface area contributed by atoms with E-state index in [0.29, 0.717) is 18.2 Å². The summed E-state index contributed by atoms with van der Waals surface area (Å²) in [5.41, 5.74) is 1.28. The molecule has 5 heteroatoms. The van der Waals surface area contributed by atoms with E-state index in [0.717, 1.165) is 11.8 Å². The van der Waals surface area contributed by atoms with Crippen molar-refractivity contribution in [2.24, 2.45) is 0 Å². The van der Waals surface area contributed by atoms with Gasteiger partial charge < -0.3 is 9.73 Å². The topological polar surface area (TPSA) is 38.1 Å². The molecular formula is C14H14F2N2O. The minimum Gasteiger partial charge on any atom is -0.444 e. The first-order valence-electron chi connectivity index (χ1n) is 6.27. The Hall–Kier alpha value is -1.75. The number of nitrogens with zero attached hydrogens (tertiary/aromatic N) is 1. The molecule has 0 radical (unpaired) electrons. The van der Waals surface area contributed by atoms with Crippen molar-refractivity contribution in [2.45, 2.75) is 32.4 Å². The highest BCUT2D eigenvalue weighted by atomic mass is 19.1. The molecule has 0 aliphatic heterocycles. The molecule has 0 bridgehead atoms. The summed E-state index contributed by atoms with van der Waals surface area (Å²) in [5.74, 6) is -1.04. The van der Waals surface area contributed by atoms with Gasteiger partial charge in [0.25, 0.3) is 0 Å². The van der Waals surface area contributed by atoms with Gasteiger partial charge in [-0.2, -0.15) is 0 Å². The molecule has 1 aliphatic carbocycles. The molecule has 1 saturated carbocycles. The molecule has 1 aromatic carbocycles. The maximum absolute atomic E-state index is 13.7. The second kappa shape index (κ2) is 4.74. The van der Waals surface area contributed by atoms with Gasteiger partial charge in [-0.25, -0.2) is 13.8 Å². The molecule has 0 amide bonds. The van der Waals surface area contributed by atoms with Crippen LogP contribution < -0.4 is 5.32 Å². The van der Waals surface area contributed by atoms with Crippen molar-refractivity contribution in [2.75, 3.05) is 0 Å². The highest BCUT2D eigenvalue weighted by Gasteiger charge is 2.21. The number of nitrogens with one attached hydrogen (secondary N) is 1. The Morgan fingerprint density at radius 3 is 2.84 bits per heavy atom. The first-order chi connectivity index (χ1) is 9.13. The van der Waals surface area contributed by atoms with Crippen molar-refractivity contribution < 1.29 is 13.2 Å². The van der Waals surface area contributed by atoms with Gasteiger partial charge in [-0.15, -0.1) is 0 Å². The molecule has 3 rings (SSSR count). The van der Waals surface area contributed by atoms with E-state index in [9.17, 15) is 8.78 Å². The molecule has 0 spiro atoms. The maximum Gasteiger partial charge on any atom is 0.229 e. The van der Waals surface area contributed by atoms with E-state index < -0.39 is 11.6 Å². The van der Waals surface area contributed by atoms with Crippen molar-refractivity contribution in [3.8, 4) is 11.5 Å². The highest BCUT2D eigenvalue weighted by molar-refractivity contribution is 5.55. The summed E-state index contributed by atoms with van der Waals surface area (Å²) < 4.78 is 32.2. The molecule has 0 unspecified atom stereocenters. The number of benzene rings is 1. The van der Waals surface area contributed by atoms with E-state index in [1.54, 1.807) is 6.92 Å². The number of oxazole rings is 1. The molecule has 1 N–H and O–H groups in total. The van der Waals surface area contributed by atoms with Gasteiger partial charge >= 0.3 is 0 Å². The summed E-state index contributed by atoms with van der Waals surface area (Å²) in [7, 11) is 0. The molecule has 3 nitrogen and oxygen atoms in total. The predicted octanol–water partition coefficient (Wildman–Crippen LogP) is 3.18. The number of hydrogen-bond donors (Lipinski definition) is 1. The van der Waals surface area contributed by atoms with Crippen LogP contribution in [0.25, 0.3) is 11.5 Å². The number of aromatic nitrogens is 1. The van der Waals surface area contributed by atoms with E-state index >= 15 is 0 Å². The molecule has 1 fully saturated rings. The Bertz CT molecular complexity index is 605. The van der Waals surface area contributed by atoms with E-state index in [1.807, 2.05) is 0 Å². The van der Waals surface area contributed by atoms with Crippen LogP contribution >= 0.6 is 0 Å². The van der Waals surface area contributed by atoms with E-state index in [1.165, 1.54) is 25.2 Å². The van der Waals surface area contributed by atoms with Crippen LogP contribution in [0.2, 0.25) is 0 Å². The lowest BCUT2D eigenvalue weighted by molar-refractivity contribution is 0.550. The number of hydrogen-bond acceptors (Lipinski definition) is 3. The minimum atomic E-state index is -0.661. The predicted molar refractivity (Wildman–Crippen MR) is 66.5 cm³/mol. The van der Waals surface area contributed by atoms with Gasteiger partial charge in [-0.05, 0) is 31.4 Å². The molecule has 0 saturated heterocycles. The summed E-state index contributed by atoms with van der Waals surface area (Å²) in [6.45, 7) is 2.19. The normalized spacial score (nSPS) is 14.9. The fraction of sp³-hybridized carbons (Fsp3) is 0.357. The van der Waals surface area contributed by atoms with Gasteiger partial charge in [0.15, 0.2) is 0 Å². The minimum absolute atomic E-state index is 0.188. The lowest BCUT2D eigenvalue weighted by Crippen LogP contribution is -2.15. The van der Waals surface area contributed by atoms with E-state index in [4.69, 9.17) is 4.42 Å². The van der Waals surface area contributed by atoms with Crippen molar-refractivity contribution in [1.82, 2.24) is 10.3 Å². The summed E-state index contributed by atoms with van der Waals surface area (Å²) in [6, 6.07) is 2.84. The SMILES string of the molecule is Cc1cc(-c2nc(CNC3CC3)co2)c(F)cc1F. The molecule has 1 aromatic heterocycles. The Balaban J connectivity index is 1.83. The van der Waals surface area contributed by atoms with Crippen LogP contribution in [0.4, 0.5) is 8.78 Å². The standard InChI is InChI=1S/C14H14F2N2O/c1-8-4-11(13(16)5-12(8)15)14-18-10(7-19-14)6-17-9-2-3-9/h4-5,7,9,17H,2-3,6H2,1H3. The first kappa shape index (κ1) is 12.3. The molecule has 2 aromatic rings. The molecule has 1 aliphatic rings. The summed E-state index contributed by atoms with van der Waals surface area (Å²) in [4.78, 5) is 4.22. The Morgan fingerprint density at radius 2 is 2.11 bits per heavy atom. The summed E-state index contributed by atoms with van der Waals surface area (Å²) in [6.07, 6.45) is 3.88. The van der Waals surface area contributed by atoms with Gasteiger partial charge in [-0.1, -0.05) is 0 Å². The lowest BCUT2D eigenvalue weighted by atomic mass is 10.1. The van der Waals surface area contributed by atoms with Crippen molar-refractivity contribution >= 4 is 0 Å². The average molecular weight is 264 g/mol. The maximum atomic E-state index is 13.7. The quantitative estimate of drug-likeness (QED) is 0.921. The first-order valence-corrected chi connectivity index (χ1v) is 6.27. The fourth-order valence-electron chi connectivity index (χ4n) is 1.87. The van der Waals surface area contributed by atoms with Crippen molar-refractivity contribution in [3.63, 3.8) is 0 Å². The highest BCUT2D eigenvalue weighted by Crippen LogP contribution is 2.25. The van der Waals surface area contributed by atoms with Crippen LogP contribution in [0.1, 0.15) is 24.1 Å². The third-order valence-corrected chi connectivity index (χ3v) is 3.18. The molecule has 0 atom stereocenters. The van der Waals surface area contributed by atoms with Crippen LogP contribution in [-0.2, 0) is 6.54 Å². The van der Waals surface area contributed by atoms with Gasteiger partial charge in [0.05, 0.1) is 11.3 Å². The molecule has 1 heterocycles. The van der Waals surface area contributed by atoms with E-state index in [2.05, 4.69) is 10.3 Å². The average Bonchev–Trinajstić information content (AvgIpc) is 3.09. The van der Waals surface area contributed by atoms with Crippen LogP contribution in [0.3, 0.4) is 0 Å². The lowest BCUT2D eigenvalue weighted by Gasteiger charge is -2.01. The zero-order valence-corrected chi connectivity index (χ0v) is 10.5. The Labute approximate surface area is 109 Å². The van der Waals surface area contributed by atoms with Crippen LogP contribution in [0.5, 0.6) is 0 Å². The van der Waals surface area contributed by atoms with Crippen molar-refractivity contribution in [1.29, 1.82) is 0 Å². The smallest absolute Gasteiger partial charge is 0.229 e. The van der Waals surface area contributed by atoms with Gasteiger partial charge in [0.2, 0.25) is 5.89 Å². The zero-order chi connectivity index (χ0) is 13.4. The summed E-state index contributed by atoms with van der Waals surface area (Å²) in [5, 5.41) is 3.30. The number of rotatable bonds is 4.